The number of anilines is 2. The maximum absolute atomic E-state index is 6.93. The average molecular weight is 853 g/mol. The molecular formula is C62H53BN2O. The summed E-state index contributed by atoms with van der Waals surface area (Å²) in [6.45, 7) is 23.3. The van der Waals surface area contributed by atoms with Crippen LogP contribution in [0.15, 0.2) is 144 Å². The van der Waals surface area contributed by atoms with E-state index in [0.717, 1.165) is 21.9 Å². The van der Waals surface area contributed by atoms with Gasteiger partial charge in [-0.3, -0.25) is 0 Å². The third-order valence-electron chi connectivity index (χ3n) is 16.5. The van der Waals surface area contributed by atoms with Crippen LogP contribution in [-0.4, -0.2) is 11.4 Å². The molecular weight excluding hydrogens is 800 g/mol. The molecule has 320 valence electrons. The van der Waals surface area contributed by atoms with E-state index in [0.29, 0.717) is 0 Å². The first-order valence-corrected chi connectivity index (χ1v) is 24.0. The summed E-state index contributed by atoms with van der Waals surface area (Å²) in [6.07, 6.45) is 0. The molecule has 0 bridgehead atoms. The van der Waals surface area contributed by atoms with Gasteiger partial charge in [-0.1, -0.05) is 166 Å². The summed E-state index contributed by atoms with van der Waals surface area (Å²) in [5.41, 5.74) is 26.7. The molecule has 0 saturated carbocycles. The minimum atomic E-state index is -0.164. The van der Waals surface area contributed by atoms with Gasteiger partial charge in [-0.25, -0.2) is 0 Å². The lowest BCUT2D eigenvalue weighted by Crippen LogP contribution is -2.60. The van der Waals surface area contributed by atoms with Crippen molar-refractivity contribution in [1.29, 1.82) is 0 Å². The van der Waals surface area contributed by atoms with Crippen LogP contribution in [0, 0.1) is 0 Å². The zero-order valence-corrected chi connectivity index (χ0v) is 39.7. The smallest absolute Gasteiger partial charge is 0.333 e. The van der Waals surface area contributed by atoms with Gasteiger partial charge in [-0.05, 0) is 119 Å². The summed E-state index contributed by atoms with van der Waals surface area (Å²) in [5.74, 6) is 0. The van der Waals surface area contributed by atoms with Crippen LogP contribution in [0.3, 0.4) is 0 Å². The van der Waals surface area contributed by atoms with E-state index in [1.165, 1.54) is 117 Å². The highest BCUT2D eigenvalue weighted by atomic mass is 16.3. The van der Waals surface area contributed by atoms with Gasteiger partial charge in [0.2, 0.25) is 0 Å². The van der Waals surface area contributed by atoms with Gasteiger partial charge >= 0.3 is 6.85 Å². The van der Waals surface area contributed by atoms with E-state index in [4.69, 9.17) is 4.42 Å². The Labute approximate surface area is 387 Å². The van der Waals surface area contributed by atoms with E-state index in [-0.39, 0.29) is 28.5 Å². The fourth-order valence-corrected chi connectivity index (χ4v) is 13.0. The van der Waals surface area contributed by atoms with Crippen molar-refractivity contribution in [3.8, 4) is 39.1 Å². The Balaban J connectivity index is 1.15. The van der Waals surface area contributed by atoms with Gasteiger partial charge in [-0.2, -0.15) is 0 Å². The number of aromatic nitrogens is 1. The molecule has 8 aromatic carbocycles. The summed E-state index contributed by atoms with van der Waals surface area (Å²) >= 11 is 0. The van der Waals surface area contributed by atoms with Crippen LogP contribution in [0.4, 0.5) is 11.4 Å². The van der Waals surface area contributed by atoms with Crippen molar-refractivity contribution >= 4 is 72.9 Å². The van der Waals surface area contributed by atoms with Crippen molar-refractivity contribution in [2.75, 3.05) is 4.81 Å². The summed E-state index contributed by atoms with van der Waals surface area (Å²) in [4.78, 5) is 2.67. The minimum Gasteiger partial charge on any atom is -0.456 e. The Hall–Kier alpha value is -6.78. The predicted molar refractivity (Wildman–Crippen MR) is 280 cm³/mol. The second-order valence-electron chi connectivity index (χ2n) is 22.9. The van der Waals surface area contributed by atoms with Crippen LogP contribution in [0.25, 0.3) is 82.8 Å². The molecule has 0 amide bonds. The highest BCUT2D eigenvalue weighted by Gasteiger charge is 2.47. The number of furan rings is 1. The quantitative estimate of drug-likeness (QED) is 0.153. The van der Waals surface area contributed by atoms with Crippen molar-refractivity contribution in [3.05, 3.63) is 173 Å². The van der Waals surface area contributed by atoms with Crippen LogP contribution in [0.2, 0.25) is 0 Å². The molecule has 10 aromatic rings. The molecule has 0 radical (unpaired) electrons. The molecule has 0 N–H and O–H groups in total. The Morgan fingerprint density at radius 1 is 0.485 bits per heavy atom. The molecule has 2 aromatic heterocycles. The maximum Gasteiger partial charge on any atom is 0.333 e. The molecule has 66 heavy (non-hydrogen) atoms. The lowest BCUT2D eigenvalue weighted by molar-refractivity contribution is 0.587. The molecule has 0 atom stereocenters. The molecule has 3 nitrogen and oxygen atoms in total. The van der Waals surface area contributed by atoms with Gasteiger partial charge in [0.15, 0.2) is 0 Å². The SMILES string of the molecule is CC(C)(C)c1ccc(N2B3c4cc5c(cc4-n4c6ccc7c(c6c6ccc(c3c64)-c3cc4c(cc32)oc2cc(C(C)(C)C)ccc24)-c2ccccc2C7(C)C)-c2ccccc2C5(C)C)cc1. The van der Waals surface area contributed by atoms with Crippen molar-refractivity contribution in [2.24, 2.45) is 0 Å². The first kappa shape index (κ1) is 38.5. The molecule has 0 fully saturated rings. The Kier molecular flexibility index (Phi) is 7.09. The molecule has 14 rings (SSSR count). The number of rotatable bonds is 1. The van der Waals surface area contributed by atoms with E-state index >= 15 is 0 Å². The third kappa shape index (κ3) is 4.70. The highest BCUT2D eigenvalue weighted by Crippen LogP contribution is 2.56. The van der Waals surface area contributed by atoms with Gasteiger partial charge < -0.3 is 13.8 Å². The minimum absolute atomic E-state index is 0.00904. The number of nitrogens with zero attached hydrogens (tertiary/aromatic N) is 2. The first-order valence-electron chi connectivity index (χ1n) is 24.0. The monoisotopic (exact) mass is 852 g/mol. The lowest BCUT2D eigenvalue weighted by atomic mass is 9.43. The molecule has 4 aliphatic rings. The van der Waals surface area contributed by atoms with Crippen molar-refractivity contribution < 1.29 is 4.42 Å². The molecule has 0 spiro atoms. The highest BCUT2D eigenvalue weighted by molar-refractivity contribution is 6.93. The van der Waals surface area contributed by atoms with Crippen LogP contribution >= 0.6 is 0 Å². The standard InChI is InChI=1S/C62H53BN2O/c1-59(2,3)34-19-22-36(23-20-34)65-51-33-54-44(38-24-21-35(60(4,5)6)29-53(38)66-54)30-43(51)39-25-26-41-56-50(28-27-47-55(56)40-16-12-14-18-46(40)61(47,7)8)64-52-31-42-37-15-11-13-17-45(37)62(9,10)48(42)32-49(52)63(65)57(39)58(41)64/h11-33H,1-10H3. The van der Waals surface area contributed by atoms with Crippen molar-refractivity contribution in [3.63, 3.8) is 0 Å². The summed E-state index contributed by atoms with van der Waals surface area (Å²) in [7, 11) is 0. The number of benzene rings is 8. The van der Waals surface area contributed by atoms with Gasteiger partial charge in [-0.15, -0.1) is 0 Å². The van der Waals surface area contributed by atoms with Crippen molar-refractivity contribution in [1.82, 2.24) is 4.57 Å². The number of hydrogen-bond donors (Lipinski definition) is 0. The normalized spacial score (nSPS) is 15.9. The van der Waals surface area contributed by atoms with Crippen LogP contribution in [0.5, 0.6) is 0 Å². The van der Waals surface area contributed by atoms with E-state index in [1.54, 1.807) is 0 Å². The van der Waals surface area contributed by atoms with Gasteiger partial charge in [0.1, 0.15) is 11.2 Å². The molecule has 0 saturated heterocycles. The first-order chi connectivity index (χ1) is 31.5. The van der Waals surface area contributed by atoms with Gasteiger partial charge in [0, 0.05) is 61.1 Å². The fraction of sp³-hybridized carbons (Fsp3) is 0.226. The molecule has 4 heteroatoms. The van der Waals surface area contributed by atoms with Crippen LogP contribution in [-0.2, 0) is 21.7 Å². The van der Waals surface area contributed by atoms with Crippen LogP contribution in [0.1, 0.15) is 103 Å². The largest absolute Gasteiger partial charge is 0.456 e. The fourth-order valence-electron chi connectivity index (χ4n) is 13.0. The lowest BCUT2D eigenvalue weighted by Gasteiger charge is -2.42. The second-order valence-corrected chi connectivity index (χ2v) is 22.9. The zero-order valence-electron chi connectivity index (χ0n) is 39.7. The molecule has 0 unspecified atom stereocenters. The third-order valence-corrected chi connectivity index (χ3v) is 16.5. The van der Waals surface area contributed by atoms with Crippen LogP contribution < -0.4 is 15.7 Å². The predicted octanol–water partition coefficient (Wildman–Crippen LogP) is 15.1. The average Bonchev–Trinajstić information content (AvgIpc) is 3.97. The van der Waals surface area contributed by atoms with E-state index < -0.39 is 0 Å². The summed E-state index contributed by atoms with van der Waals surface area (Å²) in [6, 6.07) is 54.3. The maximum atomic E-state index is 6.93. The Morgan fingerprint density at radius 3 is 1.88 bits per heavy atom. The van der Waals surface area contributed by atoms with Gasteiger partial charge in [0.25, 0.3) is 0 Å². The number of fused-ring (bicyclic) bond motifs is 18. The van der Waals surface area contributed by atoms with Crippen molar-refractivity contribution in [2.45, 2.75) is 90.9 Å². The summed E-state index contributed by atoms with van der Waals surface area (Å²) in [5, 5.41) is 4.99. The zero-order chi connectivity index (χ0) is 45.1. The van der Waals surface area contributed by atoms with Gasteiger partial charge in [0.05, 0.1) is 11.0 Å². The number of hydrogen-bond acceptors (Lipinski definition) is 2. The van der Waals surface area contributed by atoms with E-state index in [1.807, 2.05) is 0 Å². The Bertz CT molecular complexity index is 3840. The molecule has 4 heterocycles. The molecule has 2 aliphatic heterocycles. The Morgan fingerprint density at radius 2 is 1.14 bits per heavy atom. The molecule has 2 aliphatic carbocycles. The van der Waals surface area contributed by atoms with E-state index in [9.17, 15) is 0 Å². The van der Waals surface area contributed by atoms with E-state index in [2.05, 4.69) is 218 Å². The second kappa shape index (κ2) is 12.2. The summed E-state index contributed by atoms with van der Waals surface area (Å²) < 4.78 is 9.60. The topological polar surface area (TPSA) is 21.3 Å².